The van der Waals surface area contributed by atoms with Gasteiger partial charge in [-0.2, -0.15) is 0 Å². The molecule has 2 aliphatic rings. The minimum Gasteiger partial charge on any atom is -0.370 e. The first-order chi connectivity index (χ1) is 8.24. The third kappa shape index (κ3) is 2.06. The number of nitrogens with zero attached hydrogens (tertiary/aromatic N) is 1. The summed E-state index contributed by atoms with van der Waals surface area (Å²) in [6.45, 7) is 8.04. The fraction of sp³-hybridized carbons (Fsp3) is 0.600. The molecule has 0 amide bonds. The maximum absolute atomic E-state index is 3.65. The normalized spacial score (nSPS) is 28.2. The van der Waals surface area contributed by atoms with Crippen LogP contribution in [0, 0.1) is 19.8 Å². The Bertz CT molecular complexity index is 413. The minimum absolute atomic E-state index is 0.726. The summed E-state index contributed by atoms with van der Waals surface area (Å²) in [5.41, 5.74) is 4.21. The molecule has 0 aliphatic carbocycles. The van der Waals surface area contributed by atoms with E-state index in [2.05, 4.69) is 42.3 Å². The average Bonchev–Trinajstić information content (AvgIpc) is 2.75. The van der Waals surface area contributed by atoms with Crippen molar-refractivity contribution in [2.45, 2.75) is 32.7 Å². The number of aryl methyl sites for hydroxylation is 2. The van der Waals surface area contributed by atoms with Crippen LogP contribution in [-0.4, -0.2) is 25.7 Å². The summed E-state index contributed by atoms with van der Waals surface area (Å²) in [5.74, 6) is 0.928. The van der Waals surface area contributed by atoms with E-state index in [-0.39, 0.29) is 0 Å². The summed E-state index contributed by atoms with van der Waals surface area (Å²) >= 11 is 0. The quantitative estimate of drug-likeness (QED) is 0.797. The first kappa shape index (κ1) is 11.1. The van der Waals surface area contributed by atoms with Crippen LogP contribution >= 0.6 is 0 Å². The number of benzene rings is 1. The third-order valence-electron chi connectivity index (χ3n) is 4.37. The zero-order valence-electron chi connectivity index (χ0n) is 10.9. The van der Waals surface area contributed by atoms with Crippen molar-refractivity contribution in [2.75, 3.05) is 24.5 Å². The summed E-state index contributed by atoms with van der Waals surface area (Å²) in [6, 6.07) is 7.55. The van der Waals surface area contributed by atoms with Crippen molar-refractivity contribution < 1.29 is 0 Å². The van der Waals surface area contributed by atoms with E-state index in [1.807, 2.05) is 0 Å². The molecule has 0 aromatic heterocycles. The summed E-state index contributed by atoms with van der Waals surface area (Å²) in [5, 5.41) is 3.65. The van der Waals surface area contributed by atoms with Crippen molar-refractivity contribution in [3.05, 3.63) is 29.3 Å². The van der Waals surface area contributed by atoms with Gasteiger partial charge in [-0.3, -0.25) is 0 Å². The molecule has 2 heteroatoms. The minimum atomic E-state index is 0.726. The number of hydrogen-bond acceptors (Lipinski definition) is 2. The van der Waals surface area contributed by atoms with Gasteiger partial charge in [0.1, 0.15) is 0 Å². The Morgan fingerprint density at radius 3 is 2.94 bits per heavy atom. The zero-order valence-corrected chi connectivity index (χ0v) is 10.9. The average molecular weight is 230 g/mol. The molecular formula is C15H22N2. The van der Waals surface area contributed by atoms with Crippen LogP contribution in [0.1, 0.15) is 24.0 Å². The number of fused-ring (bicyclic) bond motifs is 1. The van der Waals surface area contributed by atoms with E-state index in [1.165, 1.54) is 49.3 Å². The maximum atomic E-state index is 3.65. The van der Waals surface area contributed by atoms with Crippen LogP contribution < -0.4 is 10.2 Å². The molecular weight excluding hydrogens is 208 g/mol. The van der Waals surface area contributed by atoms with Crippen molar-refractivity contribution >= 4 is 5.69 Å². The van der Waals surface area contributed by atoms with Crippen LogP contribution in [0.15, 0.2) is 18.2 Å². The van der Waals surface area contributed by atoms with Gasteiger partial charge in [-0.15, -0.1) is 0 Å². The van der Waals surface area contributed by atoms with Gasteiger partial charge in [0.2, 0.25) is 0 Å². The van der Waals surface area contributed by atoms with Crippen molar-refractivity contribution in [3.63, 3.8) is 0 Å². The van der Waals surface area contributed by atoms with Crippen LogP contribution in [0.5, 0.6) is 0 Å². The van der Waals surface area contributed by atoms with E-state index < -0.39 is 0 Å². The molecule has 17 heavy (non-hydrogen) atoms. The van der Waals surface area contributed by atoms with Crippen LogP contribution in [0.3, 0.4) is 0 Å². The van der Waals surface area contributed by atoms with E-state index in [4.69, 9.17) is 0 Å². The summed E-state index contributed by atoms with van der Waals surface area (Å²) < 4.78 is 0. The van der Waals surface area contributed by atoms with Gasteiger partial charge in [0, 0.05) is 24.8 Å². The molecule has 2 heterocycles. The predicted octanol–water partition coefficient (Wildman–Crippen LogP) is 2.49. The van der Waals surface area contributed by atoms with E-state index in [0.29, 0.717) is 0 Å². The van der Waals surface area contributed by atoms with Gasteiger partial charge in [0.05, 0.1) is 0 Å². The van der Waals surface area contributed by atoms with Gasteiger partial charge in [-0.25, -0.2) is 0 Å². The van der Waals surface area contributed by atoms with Gasteiger partial charge in [-0.05, 0) is 50.8 Å². The lowest BCUT2D eigenvalue weighted by atomic mass is 9.92. The largest absolute Gasteiger partial charge is 0.370 e. The highest BCUT2D eigenvalue weighted by Crippen LogP contribution is 2.30. The van der Waals surface area contributed by atoms with E-state index in [0.717, 1.165) is 12.0 Å². The lowest BCUT2D eigenvalue weighted by Gasteiger charge is -2.37. The molecule has 1 aromatic carbocycles. The van der Waals surface area contributed by atoms with Gasteiger partial charge in [0.15, 0.2) is 0 Å². The second-order valence-corrected chi connectivity index (χ2v) is 5.63. The SMILES string of the molecule is Cc1ccc(N2CCC3CCNC3C2)c(C)c1. The van der Waals surface area contributed by atoms with Crippen molar-refractivity contribution in [1.29, 1.82) is 0 Å². The number of anilines is 1. The fourth-order valence-corrected chi connectivity index (χ4v) is 3.41. The smallest absolute Gasteiger partial charge is 0.0396 e. The summed E-state index contributed by atoms with van der Waals surface area (Å²) in [6.07, 6.45) is 2.73. The Morgan fingerprint density at radius 1 is 1.24 bits per heavy atom. The molecule has 2 atom stereocenters. The molecule has 92 valence electrons. The van der Waals surface area contributed by atoms with E-state index in [1.54, 1.807) is 0 Å². The highest BCUT2D eigenvalue weighted by molar-refractivity contribution is 5.55. The Balaban J connectivity index is 1.80. The second kappa shape index (κ2) is 4.34. The molecule has 1 N–H and O–H groups in total. The highest BCUT2D eigenvalue weighted by atomic mass is 15.2. The van der Waals surface area contributed by atoms with Gasteiger partial charge in [-0.1, -0.05) is 17.7 Å². The second-order valence-electron chi connectivity index (χ2n) is 5.63. The number of piperidine rings is 1. The Hall–Kier alpha value is -1.02. The summed E-state index contributed by atoms with van der Waals surface area (Å²) in [7, 11) is 0. The zero-order chi connectivity index (χ0) is 11.8. The Labute approximate surface area is 104 Å². The molecule has 2 nitrogen and oxygen atoms in total. The number of hydrogen-bond donors (Lipinski definition) is 1. The molecule has 1 aromatic rings. The lowest BCUT2D eigenvalue weighted by Crippen LogP contribution is -2.46. The van der Waals surface area contributed by atoms with E-state index in [9.17, 15) is 0 Å². The molecule has 0 radical (unpaired) electrons. The van der Waals surface area contributed by atoms with Crippen molar-refractivity contribution in [2.24, 2.45) is 5.92 Å². The van der Waals surface area contributed by atoms with Crippen molar-refractivity contribution in [3.8, 4) is 0 Å². The number of rotatable bonds is 1. The molecule has 3 rings (SSSR count). The number of nitrogens with one attached hydrogen (secondary N) is 1. The van der Waals surface area contributed by atoms with Gasteiger partial charge in [0.25, 0.3) is 0 Å². The standard InChI is InChI=1S/C15H22N2/c1-11-3-4-15(12(2)9-11)17-8-6-13-5-7-16-14(13)10-17/h3-4,9,13-14,16H,5-8,10H2,1-2H3. The van der Waals surface area contributed by atoms with Crippen LogP contribution in [0.2, 0.25) is 0 Å². The summed E-state index contributed by atoms with van der Waals surface area (Å²) in [4.78, 5) is 2.56. The third-order valence-corrected chi connectivity index (χ3v) is 4.37. The molecule has 0 bridgehead atoms. The highest BCUT2D eigenvalue weighted by Gasteiger charge is 2.32. The van der Waals surface area contributed by atoms with Gasteiger partial charge >= 0.3 is 0 Å². The molecule has 0 spiro atoms. The van der Waals surface area contributed by atoms with Crippen LogP contribution in [0.4, 0.5) is 5.69 Å². The molecule has 2 saturated heterocycles. The van der Waals surface area contributed by atoms with Crippen LogP contribution in [-0.2, 0) is 0 Å². The first-order valence-corrected chi connectivity index (χ1v) is 6.79. The van der Waals surface area contributed by atoms with E-state index >= 15 is 0 Å². The molecule has 2 aliphatic heterocycles. The van der Waals surface area contributed by atoms with Crippen molar-refractivity contribution in [1.82, 2.24) is 5.32 Å². The fourth-order valence-electron chi connectivity index (χ4n) is 3.41. The Kier molecular flexibility index (Phi) is 2.83. The molecule has 2 unspecified atom stereocenters. The molecule has 0 saturated carbocycles. The first-order valence-electron chi connectivity index (χ1n) is 6.79. The predicted molar refractivity (Wildman–Crippen MR) is 72.6 cm³/mol. The maximum Gasteiger partial charge on any atom is 0.0396 e. The lowest BCUT2D eigenvalue weighted by molar-refractivity contribution is 0.373. The Morgan fingerprint density at radius 2 is 2.12 bits per heavy atom. The monoisotopic (exact) mass is 230 g/mol. The molecule has 2 fully saturated rings. The van der Waals surface area contributed by atoms with Crippen LogP contribution in [0.25, 0.3) is 0 Å². The van der Waals surface area contributed by atoms with Gasteiger partial charge < -0.3 is 10.2 Å². The topological polar surface area (TPSA) is 15.3 Å².